The highest BCUT2D eigenvalue weighted by atomic mass is 35.5. The third-order valence-electron chi connectivity index (χ3n) is 6.50. The Morgan fingerprint density at radius 2 is 1.92 bits per heavy atom. The van der Waals surface area contributed by atoms with Crippen molar-refractivity contribution in [3.05, 3.63) is 63.9 Å². The Morgan fingerprint density at radius 1 is 1.17 bits per heavy atom. The van der Waals surface area contributed by atoms with Crippen LogP contribution in [0.15, 0.2) is 30.6 Å². The number of H-pyrrole nitrogens is 1. The molecule has 2 aliphatic heterocycles. The van der Waals surface area contributed by atoms with Crippen molar-refractivity contribution >= 4 is 52.4 Å². The number of piperazine rings is 1. The number of aromatic nitrogens is 3. The number of rotatable bonds is 4. The summed E-state index contributed by atoms with van der Waals surface area (Å²) in [6.07, 6.45) is 3.07. The van der Waals surface area contributed by atoms with E-state index < -0.39 is 5.82 Å². The van der Waals surface area contributed by atoms with Gasteiger partial charge in [-0.25, -0.2) is 14.4 Å². The van der Waals surface area contributed by atoms with E-state index in [1.165, 1.54) is 29.4 Å². The van der Waals surface area contributed by atoms with Crippen molar-refractivity contribution < 1.29 is 14.0 Å². The molecule has 36 heavy (non-hydrogen) atoms. The topological polar surface area (TPSA) is 97.5 Å². The normalized spacial score (nSPS) is 17.1. The first-order chi connectivity index (χ1) is 17.2. The van der Waals surface area contributed by atoms with Gasteiger partial charge in [-0.3, -0.25) is 14.5 Å². The third-order valence-corrected chi connectivity index (χ3v) is 6.79. The van der Waals surface area contributed by atoms with Crippen molar-refractivity contribution in [2.24, 2.45) is 0 Å². The lowest BCUT2D eigenvalue weighted by Gasteiger charge is -2.32. The molecule has 1 aromatic carbocycles. The van der Waals surface area contributed by atoms with E-state index in [4.69, 9.17) is 11.6 Å². The highest BCUT2D eigenvalue weighted by Gasteiger charge is 2.34. The average Bonchev–Trinajstić information content (AvgIpc) is 3.35. The molecular formula is C25H25ClFN7O2. The summed E-state index contributed by atoms with van der Waals surface area (Å²) in [7, 11) is 3.67. The Hall–Kier alpha value is -3.76. The largest absolute Gasteiger partial charge is 0.351 e. The van der Waals surface area contributed by atoms with Gasteiger partial charge >= 0.3 is 0 Å². The molecule has 1 saturated heterocycles. The minimum absolute atomic E-state index is 0.0331. The summed E-state index contributed by atoms with van der Waals surface area (Å²) in [5, 5.41) is 3.08. The van der Waals surface area contributed by atoms with Crippen molar-refractivity contribution in [3.8, 4) is 0 Å². The maximum Gasteiger partial charge on any atom is 0.270 e. The van der Waals surface area contributed by atoms with Crippen molar-refractivity contribution in [2.75, 3.05) is 50.5 Å². The first kappa shape index (κ1) is 24.0. The smallest absolute Gasteiger partial charge is 0.270 e. The van der Waals surface area contributed by atoms with Gasteiger partial charge in [0.1, 0.15) is 29.5 Å². The quantitative estimate of drug-likeness (QED) is 0.522. The second kappa shape index (κ2) is 9.36. The fourth-order valence-corrected chi connectivity index (χ4v) is 4.55. The zero-order valence-corrected chi connectivity index (χ0v) is 20.9. The van der Waals surface area contributed by atoms with Crippen LogP contribution >= 0.6 is 11.6 Å². The molecule has 0 radical (unpaired) electrons. The molecule has 2 N–H and O–H groups in total. The summed E-state index contributed by atoms with van der Waals surface area (Å²) in [5.41, 5.74) is 3.35. The molecule has 1 fully saturated rings. The number of carbonyl (C=O) groups excluding carboxylic acids is 2. The number of carbonyl (C=O) groups is 2. The van der Waals surface area contributed by atoms with Gasteiger partial charge in [0.05, 0.1) is 16.2 Å². The molecule has 0 unspecified atom stereocenters. The number of benzene rings is 1. The number of anilines is 3. The van der Waals surface area contributed by atoms with E-state index in [1.54, 1.807) is 19.2 Å². The highest BCUT2D eigenvalue weighted by molar-refractivity contribution is 6.36. The molecule has 2 aliphatic rings. The number of hydrogen-bond donors (Lipinski definition) is 2. The molecule has 2 amide bonds. The third kappa shape index (κ3) is 4.33. The monoisotopic (exact) mass is 509 g/mol. The number of amides is 2. The summed E-state index contributed by atoms with van der Waals surface area (Å²) in [5.74, 6) is -0.0362. The van der Waals surface area contributed by atoms with Crippen LogP contribution in [0.1, 0.15) is 27.3 Å². The molecule has 0 aliphatic carbocycles. The Kier molecular flexibility index (Phi) is 6.23. The number of nitrogens with zero attached hydrogens (tertiary/aromatic N) is 5. The molecule has 0 saturated carbocycles. The Bertz CT molecular complexity index is 1400. The standard InChI is InChI=1S/C25H25ClFN7O2/c1-14-10-20(25(36)34-8-6-32(2)7-9-34)31-19(14)12-16-21-22(28-13-29-23(21)33(3)24(16)35)30-15-4-5-18(27)17(26)11-15/h4-5,10-13,31H,6-9H2,1-3H3,(H,28,29,30)/b16-12-. The minimum Gasteiger partial charge on any atom is -0.351 e. The molecule has 0 bridgehead atoms. The van der Waals surface area contributed by atoms with E-state index in [0.717, 1.165) is 18.7 Å². The lowest BCUT2D eigenvalue weighted by molar-refractivity contribution is -0.112. The second-order valence-corrected chi connectivity index (χ2v) is 9.38. The molecule has 0 atom stereocenters. The van der Waals surface area contributed by atoms with Gasteiger partial charge in [-0.2, -0.15) is 0 Å². The number of aromatic amines is 1. The zero-order valence-electron chi connectivity index (χ0n) is 20.1. The van der Waals surface area contributed by atoms with E-state index in [1.807, 2.05) is 18.9 Å². The van der Waals surface area contributed by atoms with Crippen LogP contribution in [0, 0.1) is 12.7 Å². The summed E-state index contributed by atoms with van der Waals surface area (Å²) in [6, 6.07) is 6.03. The van der Waals surface area contributed by atoms with Crippen molar-refractivity contribution in [1.82, 2.24) is 24.8 Å². The van der Waals surface area contributed by atoms with E-state index in [2.05, 4.69) is 25.2 Å². The average molecular weight is 510 g/mol. The van der Waals surface area contributed by atoms with Crippen molar-refractivity contribution in [2.45, 2.75) is 6.92 Å². The number of hydrogen-bond acceptors (Lipinski definition) is 6. The number of fused-ring (bicyclic) bond motifs is 1. The number of aryl methyl sites for hydroxylation is 1. The van der Waals surface area contributed by atoms with Gasteiger partial charge in [-0.1, -0.05) is 11.6 Å². The Labute approximate surface area is 212 Å². The van der Waals surface area contributed by atoms with Gasteiger partial charge in [-0.15, -0.1) is 0 Å². The molecule has 186 valence electrons. The van der Waals surface area contributed by atoms with E-state index >= 15 is 0 Å². The minimum atomic E-state index is -0.533. The summed E-state index contributed by atoms with van der Waals surface area (Å²) < 4.78 is 13.6. The summed E-state index contributed by atoms with van der Waals surface area (Å²) in [4.78, 5) is 43.5. The molecule has 2 aromatic heterocycles. The van der Waals surface area contributed by atoms with Crippen LogP contribution in [0.3, 0.4) is 0 Å². The predicted octanol–water partition coefficient (Wildman–Crippen LogP) is 3.55. The maximum absolute atomic E-state index is 13.6. The van der Waals surface area contributed by atoms with Gasteiger partial charge in [0.15, 0.2) is 0 Å². The Balaban J connectivity index is 1.50. The van der Waals surface area contributed by atoms with Gasteiger partial charge in [-0.05, 0) is 49.9 Å². The van der Waals surface area contributed by atoms with Crippen LogP contribution in [-0.4, -0.2) is 76.8 Å². The SMILES string of the molecule is Cc1cc(C(=O)N2CCN(C)CC2)[nH]c1/C=C1\C(=O)N(C)c2ncnc(Nc3ccc(F)c(Cl)c3)c21. The van der Waals surface area contributed by atoms with E-state index in [-0.39, 0.29) is 16.8 Å². The lowest BCUT2D eigenvalue weighted by atomic mass is 10.1. The summed E-state index contributed by atoms with van der Waals surface area (Å²) >= 11 is 5.93. The van der Waals surface area contributed by atoms with Crippen LogP contribution in [0.4, 0.5) is 21.7 Å². The Morgan fingerprint density at radius 3 is 2.64 bits per heavy atom. The van der Waals surface area contributed by atoms with Crippen LogP contribution in [-0.2, 0) is 4.79 Å². The lowest BCUT2D eigenvalue weighted by Crippen LogP contribution is -2.47. The first-order valence-electron chi connectivity index (χ1n) is 11.5. The van der Waals surface area contributed by atoms with Gasteiger partial charge in [0.2, 0.25) is 0 Å². The van der Waals surface area contributed by atoms with Crippen LogP contribution in [0.2, 0.25) is 5.02 Å². The fraction of sp³-hybridized carbons (Fsp3) is 0.280. The van der Waals surface area contributed by atoms with E-state index in [0.29, 0.717) is 52.9 Å². The first-order valence-corrected chi connectivity index (χ1v) is 11.9. The molecule has 9 nitrogen and oxygen atoms in total. The molecule has 0 spiro atoms. The van der Waals surface area contributed by atoms with Crippen LogP contribution in [0.25, 0.3) is 11.6 Å². The maximum atomic E-state index is 13.6. The van der Waals surface area contributed by atoms with Crippen LogP contribution in [0.5, 0.6) is 0 Å². The number of halogens is 2. The van der Waals surface area contributed by atoms with E-state index in [9.17, 15) is 14.0 Å². The molecule has 5 rings (SSSR count). The number of nitrogens with one attached hydrogen (secondary N) is 2. The van der Waals surface area contributed by atoms with Crippen molar-refractivity contribution in [1.29, 1.82) is 0 Å². The fourth-order valence-electron chi connectivity index (χ4n) is 4.37. The zero-order chi connectivity index (χ0) is 25.6. The van der Waals surface area contributed by atoms with Gasteiger partial charge < -0.3 is 20.1 Å². The molecule has 11 heteroatoms. The van der Waals surface area contributed by atoms with Gasteiger partial charge in [0, 0.05) is 44.6 Å². The van der Waals surface area contributed by atoms with Gasteiger partial charge in [0.25, 0.3) is 11.8 Å². The molecule has 4 heterocycles. The predicted molar refractivity (Wildman–Crippen MR) is 137 cm³/mol. The molecular weight excluding hydrogens is 485 g/mol. The summed E-state index contributed by atoms with van der Waals surface area (Å²) in [6.45, 7) is 4.87. The highest BCUT2D eigenvalue weighted by Crippen LogP contribution is 2.40. The molecule has 3 aromatic rings. The second-order valence-electron chi connectivity index (χ2n) is 8.97. The van der Waals surface area contributed by atoms with Crippen LogP contribution < -0.4 is 10.2 Å². The van der Waals surface area contributed by atoms with Crippen molar-refractivity contribution in [3.63, 3.8) is 0 Å². The number of likely N-dealkylation sites (N-methyl/N-ethyl adjacent to an activating group) is 2.